The van der Waals surface area contributed by atoms with E-state index in [9.17, 15) is 9.59 Å². The molecule has 3 rings (SSSR count). The first-order chi connectivity index (χ1) is 11.0. The molecule has 4 heteroatoms. The lowest BCUT2D eigenvalue weighted by molar-refractivity contribution is 0.0725. The zero-order valence-corrected chi connectivity index (χ0v) is 13.8. The van der Waals surface area contributed by atoms with E-state index >= 15 is 0 Å². The van der Waals surface area contributed by atoms with Crippen LogP contribution in [-0.2, 0) is 0 Å². The molecule has 1 fully saturated rings. The molecule has 0 radical (unpaired) electrons. The normalized spacial score (nSPS) is 15.3. The van der Waals surface area contributed by atoms with Gasteiger partial charge in [-0.25, -0.2) is 0 Å². The highest BCUT2D eigenvalue weighted by atomic mass is 16.2. The number of amides is 1. The van der Waals surface area contributed by atoms with Crippen molar-refractivity contribution in [3.05, 3.63) is 57.9 Å². The van der Waals surface area contributed by atoms with Crippen molar-refractivity contribution in [3.8, 4) is 11.3 Å². The van der Waals surface area contributed by atoms with Crippen molar-refractivity contribution in [1.29, 1.82) is 0 Å². The van der Waals surface area contributed by atoms with Crippen LogP contribution in [0.3, 0.4) is 0 Å². The average molecular weight is 310 g/mol. The van der Waals surface area contributed by atoms with Crippen molar-refractivity contribution in [2.45, 2.75) is 32.7 Å². The summed E-state index contributed by atoms with van der Waals surface area (Å²) in [5, 5.41) is 0. The molecule has 0 saturated heterocycles. The molecule has 4 nitrogen and oxygen atoms in total. The molecule has 1 saturated carbocycles. The molecule has 1 aromatic heterocycles. The lowest BCUT2D eigenvalue weighted by atomic mass is 10.1. The summed E-state index contributed by atoms with van der Waals surface area (Å²) in [5.74, 6) is 0.371. The number of hydrogen-bond donors (Lipinski definition) is 1. The van der Waals surface area contributed by atoms with Crippen LogP contribution in [0.1, 0.15) is 35.7 Å². The van der Waals surface area contributed by atoms with Gasteiger partial charge in [0.1, 0.15) is 5.56 Å². The third-order valence-corrected chi connectivity index (χ3v) is 4.70. The van der Waals surface area contributed by atoms with E-state index in [1.165, 1.54) is 12.8 Å². The maximum Gasteiger partial charge on any atom is 0.261 e. The summed E-state index contributed by atoms with van der Waals surface area (Å²) in [7, 11) is 1.78. The minimum Gasteiger partial charge on any atom is -0.339 e. The molecule has 0 bridgehead atoms. The monoisotopic (exact) mass is 310 g/mol. The number of aromatic amines is 1. The van der Waals surface area contributed by atoms with Gasteiger partial charge in [-0.2, -0.15) is 0 Å². The Bertz CT molecular complexity index is 790. The summed E-state index contributed by atoms with van der Waals surface area (Å²) in [6.45, 7) is 4.05. The van der Waals surface area contributed by atoms with E-state index in [1.807, 2.05) is 38.1 Å². The van der Waals surface area contributed by atoms with Crippen LogP contribution in [0.4, 0.5) is 0 Å². The van der Waals surface area contributed by atoms with E-state index in [4.69, 9.17) is 0 Å². The number of rotatable bonds is 4. The van der Waals surface area contributed by atoms with Crippen LogP contribution in [-0.4, -0.2) is 28.9 Å². The number of hydrogen-bond acceptors (Lipinski definition) is 2. The molecular formula is C19H22N2O2. The van der Waals surface area contributed by atoms with E-state index in [-0.39, 0.29) is 23.1 Å². The fraction of sp³-hybridized carbons (Fsp3) is 0.368. The predicted molar refractivity (Wildman–Crippen MR) is 91.5 cm³/mol. The fourth-order valence-corrected chi connectivity index (χ4v) is 2.89. The van der Waals surface area contributed by atoms with Crippen molar-refractivity contribution in [1.82, 2.24) is 9.88 Å². The van der Waals surface area contributed by atoms with Crippen LogP contribution in [0.2, 0.25) is 0 Å². The van der Waals surface area contributed by atoms with Gasteiger partial charge in [-0.05, 0) is 56.4 Å². The summed E-state index contributed by atoms with van der Waals surface area (Å²) in [6.07, 6.45) is 2.34. The predicted octanol–water partition coefficient (Wildman–Crippen LogP) is 3.22. The van der Waals surface area contributed by atoms with Crippen molar-refractivity contribution in [2.24, 2.45) is 5.92 Å². The van der Waals surface area contributed by atoms with Crippen LogP contribution < -0.4 is 5.56 Å². The minimum atomic E-state index is -0.330. The van der Waals surface area contributed by atoms with Gasteiger partial charge in [0.05, 0.1) is 0 Å². The molecule has 1 aromatic carbocycles. The molecule has 1 amide bonds. The second kappa shape index (κ2) is 6.03. The Labute approximate surface area is 136 Å². The largest absolute Gasteiger partial charge is 0.339 e. The minimum absolute atomic E-state index is 0.179. The molecule has 1 aliphatic rings. The Hall–Kier alpha value is -2.36. The first-order valence-electron chi connectivity index (χ1n) is 8.05. The molecular weight excluding hydrogens is 288 g/mol. The Balaban J connectivity index is 1.87. The van der Waals surface area contributed by atoms with Gasteiger partial charge in [0, 0.05) is 18.8 Å². The number of carbonyl (C=O) groups excluding carboxylic acids is 1. The second-order valence-corrected chi connectivity index (χ2v) is 6.48. The topological polar surface area (TPSA) is 53.2 Å². The van der Waals surface area contributed by atoms with Crippen LogP contribution >= 0.6 is 0 Å². The zero-order valence-electron chi connectivity index (χ0n) is 13.8. The Kier molecular flexibility index (Phi) is 4.07. The zero-order chi connectivity index (χ0) is 16.6. The van der Waals surface area contributed by atoms with Gasteiger partial charge in [-0.3, -0.25) is 9.59 Å². The standard InChI is InChI=1S/C19H22N2O2/c1-12-5-4-6-15(11-12)17-10-9-16(18(22)20-17)19(23)21(3)13(2)14-7-8-14/h4-6,9-11,13-14H,7-8H2,1-3H3,(H,20,22)/t13-/m0/s1. The molecule has 2 aromatic rings. The maximum absolute atomic E-state index is 12.5. The van der Waals surface area contributed by atoms with Crippen LogP contribution in [0.15, 0.2) is 41.2 Å². The summed E-state index contributed by atoms with van der Waals surface area (Å²) < 4.78 is 0. The molecule has 1 atom stereocenters. The van der Waals surface area contributed by atoms with Gasteiger partial charge in [0.2, 0.25) is 0 Å². The number of benzene rings is 1. The highest BCUT2D eigenvalue weighted by Gasteiger charge is 2.33. The number of nitrogens with one attached hydrogen (secondary N) is 1. The number of H-pyrrole nitrogens is 1. The van der Waals surface area contributed by atoms with Gasteiger partial charge in [0.25, 0.3) is 11.5 Å². The summed E-state index contributed by atoms with van der Waals surface area (Å²) in [5.41, 5.74) is 2.68. The van der Waals surface area contributed by atoms with Gasteiger partial charge in [0.15, 0.2) is 0 Å². The lowest BCUT2D eigenvalue weighted by Gasteiger charge is -2.24. The third kappa shape index (κ3) is 3.21. The van der Waals surface area contributed by atoms with E-state index in [0.717, 1.165) is 16.8 Å². The molecule has 120 valence electrons. The number of aryl methyl sites for hydroxylation is 1. The average Bonchev–Trinajstić information content (AvgIpc) is 3.37. The van der Waals surface area contributed by atoms with Crippen LogP contribution in [0.25, 0.3) is 11.3 Å². The summed E-state index contributed by atoms with van der Waals surface area (Å²) in [4.78, 5) is 29.4. The van der Waals surface area contributed by atoms with Crippen LogP contribution in [0, 0.1) is 12.8 Å². The van der Waals surface area contributed by atoms with E-state index < -0.39 is 0 Å². The van der Waals surface area contributed by atoms with Gasteiger partial charge in [-0.1, -0.05) is 23.8 Å². The van der Waals surface area contributed by atoms with E-state index in [0.29, 0.717) is 5.92 Å². The highest BCUT2D eigenvalue weighted by molar-refractivity contribution is 5.94. The van der Waals surface area contributed by atoms with Gasteiger partial charge < -0.3 is 9.88 Å². The molecule has 1 N–H and O–H groups in total. The SMILES string of the molecule is Cc1cccc(-c2ccc(C(=O)N(C)[C@@H](C)C3CC3)c(=O)[nH]2)c1. The number of pyridine rings is 1. The summed E-state index contributed by atoms with van der Waals surface area (Å²) in [6, 6.07) is 11.5. The van der Waals surface area contributed by atoms with Crippen molar-refractivity contribution < 1.29 is 4.79 Å². The Morgan fingerprint density at radius 3 is 2.61 bits per heavy atom. The van der Waals surface area contributed by atoms with Gasteiger partial charge in [-0.15, -0.1) is 0 Å². The molecule has 0 spiro atoms. The highest BCUT2D eigenvalue weighted by Crippen LogP contribution is 2.34. The van der Waals surface area contributed by atoms with Crippen molar-refractivity contribution in [3.63, 3.8) is 0 Å². The first-order valence-corrected chi connectivity index (χ1v) is 8.05. The molecule has 1 aliphatic carbocycles. The molecule has 1 heterocycles. The first kappa shape index (κ1) is 15.5. The van der Waals surface area contributed by atoms with E-state index in [2.05, 4.69) is 4.98 Å². The smallest absolute Gasteiger partial charge is 0.261 e. The number of aromatic nitrogens is 1. The van der Waals surface area contributed by atoms with Crippen molar-refractivity contribution in [2.75, 3.05) is 7.05 Å². The summed E-state index contributed by atoms with van der Waals surface area (Å²) >= 11 is 0. The molecule has 23 heavy (non-hydrogen) atoms. The fourth-order valence-electron chi connectivity index (χ4n) is 2.89. The van der Waals surface area contributed by atoms with Crippen molar-refractivity contribution >= 4 is 5.91 Å². The molecule has 0 unspecified atom stereocenters. The molecule has 0 aliphatic heterocycles. The second-order valence-electron chi connectivity index (χ2n) is 6.48. The van der Waals surface area contributed by atoms with E-state index in [1.54, 1.807) is 24.1 Å². The number of carbonyl (C=O) groups is 1. The van der Waals surface area contributed by atoms with Gasteiger partial charge >= 0.3 is 0 Å². The Morgan fingerprint density at radius 2 is 2.00 bits per heavy atom. The maximum atomic E-state index is 12.5. The number of nitrogens with zero attached hydrogens (tertiary/aromatic N) is 1. The quantitative estimate of drug-likeness (QED) is 0.942. The Morgan fingerprint density at radius 1 is 1.26 bits per heavy atom. The third-order valence-electron chi connectivity index (χ3n) is 4.70. The van der Waals surface area contributed by atoms with Crippen LogP contribution in [0.5, 0.6) is 0 Å². The lowest BCUT2D eigenvalue weighted by Crippen LogP contribution is -2.39.